The lowest BCUT2D eigenvalue weighted by Crippen LogP contribution is -1.92. The molecule has 0 fully saturated rings. The summed E-state index contributed by atoms with van der Waals surface area (Å²) >= 11 is 1.13. The smallest absolute Gasteiger partial charge is 0.316 e. The van der Waals surface area contributed by atoms with Gasteiger partial charge in [0.25, 0.3) is 0 Å². The van der Waals surface area contributed by atoms with Gasteiger partial charge in [-0.25, -0.2) is 4.57 Å². The van der Waals surface area contributed by atoms with Crippen LogP contribution in [0.15, 0.2) is 0 Å². The molecule has 0 aromatic carbocycles. The molecule has 0 rings (SSSR count). The Hall–Kier alpha value is 0.500. The SMILES string of the molecule is CCCCCCCCCCCCCOP(=O)(O)SCCCCCCCCCCCCC. The van der Waals surface area contributed by atoms with Crippen molar-refractivity contribution >= 4 is 18.2 Å². The molecule has 31 heavy (non-hydrogen) atoms. The Morgan fingerprint density at radius 1 is 0.548 bits per heavy atom. The fourth-order valence-corrected chi connectivity index (χ4v) is 6.45. The number of unbranched alkanes of at least 4 members (excludes halogenated alkanes) is 20. The summed E-state index contributed by atoms with van der Waals surface area (Å²) in [4.78, 5) is 9.93. The first-order chi connectivity index (χ1) is 15.1. The van der Waals surface area contributed by atoms with Gasteiger partial charge < -0.3 is 9.42 Å². The molecule has 0 bridgehead atoms. The standard InChI is InChI=1S/C26H55O3PS/c1-3-5-7-9-11-13-15-17-19-21-23-25-29-30(27,28)31-26-24-22-20-18-16-14-12-10-8-6-4-2/h3-26H2,1-2H3,(H,27,28). The van der Waals surface area contributed by atoms with Crippen LogP contribution in [0.1, 0.15) is 155 Å². The second kappa shape index (κ2) is 25.1. The summed E-state index contributed by atoms with van der Waals surface area (Å²) in [6.45, 7) is 1.52. The molecule has 0 spiro atoms. The third-order valence-corrected chi connectivity index (χ3v) is 9.15. The van der Waals surface area contributed by atoms with Gasteiger partial charge in [0.15, 0.2) is 0 Å². The van der Waals surface area contributed by atoms with Gasteiger partial charge in [-0.15, -0.1) is 0 Å². The van der Waals surface area contributed by atoms with E-state index in [1.807, 2.05) is 0 Å². The summed E-state index contributed by atoms with van der Waals surface area (Å²) in [5.74, 6) is 0.739. The molecule has 0 aliphatic heterocycles. The first-order valence-electron chi connectivity index (χ1n) is 13.7. The number of rotatable bonds is 26. The second-order valence-electron chi connectivity index (χ2n) is 9.21. The van der Waals surface area contributed by atoms with Crippen molar-refractivity contribution in [1.29, 1.82) is 0 Å². The fourth-order valence-electron chi connectivity index (χ4n) is 3.93. The maximum absolute atomic E-state index is 12.1. The van der Waals surface area contributed by atoms with E-state index in [1.165, 1.54) is 122 Å². The van der Waals surface area contributed by atoms with Crippen molar-refractivity contribution in [1.82, 2.24) is 0 Å². The predicted octanol–water partition coefficient (Wildman–Crippen LogP) is 10.5. The first kappa shape index (κ1) is 31.5. The van der Waals surface area contributed by atoms with Crippen LogP contribution in [0.2, 0.25) is 0 Å². The van der Waals surface area contributed by atoms with Crippen LogP contribution in [-0.2, 0) is 9.09 Å². The summed E-state index contributed by atoms with van der Waals surface area (Å²) in [5, 5.41) is 0. The molecule has 1 atom stereocenters. The van der Waals surface area contributed by atoms with Crippen LogP contribution in [0.25, 0.3) is 0 Å². The van der Waals surface area contributed by atoms with Crippen LogP contribution < -0.4 is 0 Å². The van der Waals surface area contributed by atoms with Crippen LogP contribution in [0.4, 0.5) is 0 Å². The highest BCUT2D eigenvalue weighted by Crippen LogP contribution is 2.56. The van der Waals surface area contributed by atoms with Crippen molar-refractivity contribution in [2.24, 2.45) is 0 Å². The maximum atomic E-state index is 12.1. The highest BCUT2D eigenvalue weighted by molar-refractivity contribution is 8.54. The molecule has 0 amide bonds. The van der Waals surface area contributed by atoms with Gasteiger partial charge in [-0.2, -0.15) is 0 Å². The van der Waals surface area contributed by atoms with Crippen molar-refractivity contribution < 1.29 is 14.0 Å². The molecular formula is C26H55O3PS. The highest BCUT2D eigenvalue weighted by Gasteiger charge is 2.19. The van der Waals surface area contributed by atoms with E-state index in [2.05, 4.69) is 13.8 Å². The van der Waals surface area contributed by atoms with Gasteiger partial charge >= 0.3 is 6.80 Å². The normalized spacial score (nSPS) is 13.5. The van der Waals surface area contributed by atoms with E-state index in [0.717, 1.165) is 36.4 Å². The summed E-state index contributed by atoms with van der Waals surface area (Å²) in [5.41, 5.74) is 0. The molecule has 5 heteroatoms. The van der Waals surface area contributed by atoms with Crippen LogP contribution in [-0.4, -0.2) is 17.3 Å². The Kier molecular flexibility index (Phi) is 25.5. The molecule has 0 aromatic rings. The van der Waals surface area contributed by atoms with E-state index in [9.17, 15) is 9.46 Å². The van der Waals surface area contributed by atoms with Gasteiger partial charge in [-0.3, -0.25) is 0 Å². The zero-order valence-electron chi connectivity index (χ0n) is 21.1. The lowest BCUT2D eigenvalue weighted by molar-refractivity contribution is 0.268. The van der Waals surface area contributed by atoms with E-state index < -0.39 is 6.80 Å². The Labute approximate surface area is 199 Å². The Bertz CT molecular complexity index is 361. The molecular weight excluding hydrogens is 423 g/mol. The molecule has 3 nitrogen and oxygen atoms in total. The van der Waals surface area contributed by atoms with Crippen LogP contribution in [0.3, 0.4) is 0 Å². The molecule has 0 saturated heterocycles. The molecule has 0 radical (unpaired) electrons. The predicted molar refractivity (Wildman–Crippen MR) is 141 cm³/mol. The second-order valence-corrected chi connectivity index (χ2v) is 13.2. The van der Waals surface area contributed by atoms with E-state index in [4.69, 9.17) is 4.52 Å². The van der Waals surface area contributed by atoms with Gasteiger partial charge in [0, 0.05) is 5.75 Å². The first-order valence-corrected chi connectivity index (χ1v) is 16.9. The van der Waals surface area contributed by atoms with Gasteiger partial charge in [0.05, 0.1) is 6.61 Å². The van der Waals surface area contributed by atoms with Gasteiger partial charge in [-0.1, -0.05) is 142 Å². The fraction of sp³-hybridized carbons (Fsp3) is 1.00. The number of hydrogen-bond donors (Lipinski definition) is 1. The lowest BCUT2D eigenvalue weighted by atomic mass is 10.1. The van der Waals surface area contributed by atoms with E-state index in [0.29, 0.717) is 6.61 Å². The Balaban J connectivity index is 3.30. The zero-order valence-corrected chi connectivity index (χ0v) is 22.8. The topological polar surface area (TPSA) is 46.5 Å². The number of hydrogen-bond acceptors (Lipinski definition) is 3. The van der Waals surface area contributed by atoms with E-state index in [-0.39, 0.29) is 0 Å². The van der Waals surface area contributed by atoms with Crippen molar-refractivity contribution in [2.75, 3.05) is 12.4 Å². The highest BCUT2D eigenvalue weighted by atomic mass is 32.7. The monoisotopic (exact) mass is 478 g/mol. The van der Waals surface area contributed by atoms with Gasteiger partial charge in [0.2, 0.25) is 0 Å². The van der Waals surface area contributed by atoms with Crippen LogP contribution in [0, 0.1) is 0 Å². The van der Waals surface area contributed by atoms with Crippen LogP contribution >= 0.6 is 18.2 Å². The minimum atomic E-state index is -3.44. The molecule has 0 saturated carbocycles. The summed E-state index contributed by atoms with van der Waals surface area (Å²) in [6, 6.07) is 0. The molecule has 0 aromatic heterocycles. The molecule has 1 unspecified atom stereocenters. The van der Waals surface area contributed by atoms with Gasteiger partial charge in [-0.05, 0) is 24.2 Å². The lowest BCUT2D eigenvalue weighted by Gasteiger charge is -2.11. The summed E-state index contributed by atoms with van der Waals surface area (Å²) in [6.07, 6.45) is 28.5. The minimum Gasteiger partial charge on any atom is -0.316 e. The quantitative estimate of drug-likeness (QED) is 0.0991. The van der Waals surface area contributed by atoms with Crippen LogP contribution in [0.5, 0.6) is 0 Å². The maximum Gasteiger partial charge on any atom is 0.386 e. The minimum absolute atomic E-state index is 0.427. The average Bonchev–Trinajstić information content (AvgIpc) is 2.75. The zero-order chi connectivity index (χ0) is 22.9. The average molecular weight is 479 g/mol. The third-order valence-electron chi connectivity index (χ3n) is 6.00. The van der Waals surface area contributed by atoms with Crippen molar-refractivity contribution in [3.63, 3.8) is 0 Å². The Morgan fingerprint density at radius 3 is 1.26 bits per heavy atom. The van der Waals surface area contributed by atoms with Crippen molar-refractivity contribution in [3.05, 3.63) is 0 Å². The van der Waals surface area contributed by atoms with Crippen molar-refractivity contribution in [3.8, 4) is 0 Å². The van der Waals surface area contributed by atoms with E-state index >= 15 is 0 Å². The van der Waals surface area contributed by atoms with E-state index in [1.54, 1.807) is 0 Å². The molecule has 188 valence electrons. The third kappa shape index (κ3) is 26.6. The largest absolute Gasteiger partial charge is 0.386 e. The van der Waals surface area contributed by atoms with Gasteiger partial charge in [0.1, 0.15) is 0 Å². The molecule has 0 aliphatic carbocycles. The molecule has 1 N–H and O–H groups in total. The summed E-state index contributed by atoms with van der Waals surface area (Å²) < 4.78 is 17.4. The molecule has 0 aliphatic rings. The van der Waals surface area contributed by atoms with Crippen molar-refractivity contribution in [2.45, 2.75) is 155 Å². The molecule has 0 heterocycles. The summed E-state index contributed by atoms with van der Waals surface area (Å²) in [7, 11) is 0. The Morgan fingerprint density at radius 2 is 0.871 bits per heavy atom.